The molecule has 0 saturated heterocycles. The molecule has 138 valence electrons. The van der Waals surface area contributed by atoms with Crippen LogP contribution in [0.2, 0.25) is 0 Å². The third-order valence-electron chi connectivity index (χ3n) is 4.76. The lowest BCUT2D eigenvalue weighted by Gasteiger charge is -2.11. The van der Waals surface area contributed by atoms with E-state index in [-0.39, 0.29) is 0 Å². The molecule has 3 heteroatoms. The van der Waals surface area contributed by atoms with Crippen molar-refractivity contribution in [3.8, 4) is 22.6 Å². The number of ether oxygens (including phenoxy) is 2. The summed E-state index contributed by atoms with van der Waals surface area (Å²) in [5, 5.41) is 2.00. The number of fused-ring (bicyclic) bond motifs is 1. The van der Waals surface area contributed by atoms with E-state index in [1.165, 1.54) is 11.1 Å². The van der Waals surface area contributed by atoms with Gasteiger partial charge in [-0.1, -0.05) is 54.6 Å². The summed E-state index contributed by atoms with van der Waals surface area (Å²) in [6.45, 7) is 0. The average molecular weight is 367 g/mol. The van der Waals surface area contributed by atoms with Gasteiger partial charge in [-0.25, -0.2) is 0 Å². The summed E-state index contributed by atoms with van der Waals surface area (Å²) in [6.07, 6.45) is 1.88. The minimum absolute atomic E-state index is 0.803. The highest BCUT2D eigenvalue weighted by Gasteiger charge is 2.10. The van der Waals surface area contributed by atoms with Gasteiger partial charge in [0.15, 0.2) is 0 Å². The lowest BCUT2D eigenvalue weighted by Crippen LogP contribution is -1.93. The molecule has 4 aromatic rings. The number of nitrogens with zero attached hydrogens (tertiary/aromatic N) is 1. The Labute approximate surface area is 164 Å². The molecule has 0 aliphatic carbocycles. The van der Waals surface area contributed by atoms with Crippen molar-refractivity contribution in [2.24, 2.45) is 4.99 Å². The summed E-state index contributed by atoms with van der Waals surface area (Å²) in [7, 11) is 3.35. The Bertz CT molecular complexity index is 1120. The maximum absolute atomic E-state index is 5.57. The topological polar surface area (TPSA) is 30.8 Å². The normalized spacial score (nSPS) is 11.1. The van der Waals surface area contributed by atoms with Gasteiger partial charge >= 0.3 is 0 Å². The number of benzene rings is 4. The molecular formula is C25H21NO2. The van der Waals surface area contributed by atoms with E-state index in [0.717, 1.165) is 33.5 Å². The fraction of sp³-hybridized carbons (Fsp3) is 0.0800. The van der Waals surface area contributed by atoms with Gasteiger partial charge in [0.1, 0.15) is 11.5 Å². The minimum atomic E-state index is 0.803. The van der Waals surface area contributed by atoms with Gasteiger partial charge in [-0.05, 0) is 41.5 Å². The Morgan fingerprint density at radius 3 is 2.07 bits per heavy atom. The molecule has 0 aromatic heterocycles. The smallest absolute Gasteiger partial charge is 0.127 e. The zero-order chi connectivity index (χ0) is 19.3. The second kappa shape index (κ2) is 7.97. The van der Waals surface area contributed by atoms with Crippen LogP contribution in [-0.4, -0.2) is 20.4 Å². The molecule has 0 spiro atoms. The Hall–Kier alpha value is -3.59. The molecule has 0 heterocycles. The molecule has 0 atom stereocenters. The van der Waals surface area contributed by atoms with Crippen molar-refractivity contribution in [3.63, 3.8) is 0 Å². The SMILES string of the molecule is COc1ccc(C=Nc2ccc(-c3ccccc3)cc2)c2c(OC)cccc12. The Kier molecular flexibility index (Phi) is 5.07. The van der Waals surface area contributed by atoms with Crippen LogP contribution in [0.25, 0.3) is 21.9 Å². The van der Waals surface area contributed by atoms with Gasteiger partial charge in [0.05, 0.1) is 19.9 Å². The summed E-state index contributed by atoms with van der Waals surface area (Å²) < 4.78 is 11.1. The van der Waals surface area contributed by atoms with Gasteiger partial charge in [0.2, 0.25) is 0 Å². The quantitative estimate of drug-likeness (QED) is 0.389. The minimum Gasteiger partial charge on any atom is -0.496 e. The highest BCUT2D eigenvalue weighted by atomic mass is 16.5. The van der Waals surface area contributed by atoms with Gasteiger partial charge in [-0.2, -0.15) is 0 Å². The van der Waals surface area contributed by atoms with Crippen molar-refractivity contribution in [1.29, 1.82) is 0 Å². The maximum Gasteiger partial charge on any atom is 0.127 e. The third kappa shape index (κ3) is 3.47. The molecule has 4 rings (SSSR count). The summed E-state index contributed by atoms with van der Waals surface area (Å²) >= 11 is 0. The molecule has 0 N–H and O–H groups in total. The lowest BCUT2D eigenvalue weighted by molar-refractivity contribution is 0.415. The van der Waals surface area contributed by atoms with Crippen LogP contribution in [0.15, 0.2) is 89.9 Å². The fourth-order valence-electron chi connectivity index (χ4n) is 3.34. The summed E-state index contributed by atoms with van der Waals surface area (Å²) in [4.78, 5) is 4.67. The van der Waals surface area contributed by atoms with Gasteiger partial charge in [-0.3, -0.25) is 4.99 Å². The zero-order valence-corrected chi connectivity index (χ0v) is 15.9. The molecule has 0 fully saturated rings. The van der Waals surface area contributed by atoms with Crippen LogP contribution in [0.4, 0.5) is 5.69 Å². The number of methoxy groups -OCH3 is 2. The number of hydrogen-bond donors (Lipinski definition) is 0. The summed E-state index contributed by atoms with van der Waals surface area (Å²) in [5.41, 5.74) is 4.26. The first kappa shape index (κ1) is 17.8. The van der Waals surface area contributed by atoms with E-state index in [1.54, 1.807) is 14.2 Å². The molecule has 0 unspecified atom stereocenters. The van der Waals surface area contributed by atoms with Crippen LogP contribution in [-0.2, 0) is 0 Å². The van der Waals surface area contributed by atoms with Crippen molar-refractivity contribution in [2.45, 2.75) is 0 Å². The Morgan fingerprint density at radius 1 is 0.643 bits per heavy atom. The summed E-state index contributed by atoms with van der Waals surface area (Å²) in [6, 6.07) is 28.5. The maximum atomic E-state index is 5.57. The molecule has 0 amide bonds. The van der Waals surface area contributed by atoms with Gasteiger partial charge in [0.25, 0.3) is 0 Å². The molecule has 0 radical (unpaired) electrons. The van der Waals surface area contributed by atoms with Crippen LogP contribution >= 0.6 is 0 Å². The molecule has 4 aromatic carbocycles. The third-order valence-corrected chi connectivity index (χ3v) is 4.76. The fourth-order valence-corrected chi connectivity index (χ4v) is 3.34. The first-order valence-electron chi connectivity index (χ1n) is 9.13. The predicted octanol–water partition coefficient (Wildman–Crippen LogP) is 6.27. The van der Waals surface area contributed by atoms with Crippen LogP contribution in [0.3, 0.4) is 0 Å². The van der Waals surface area contributed by atoms with E-state index in [0.29, 0.717) is 0 Å². The van der Waals surface area contributed by atoms with Crippen molar-refractivity contribution in [3.05, 3.63) is 90.5 Å². The van der Waals surface area contributed by atoms with E-state index in [1.807, 2.05) is 66.9 Å². The molecule has 0 aliphatic heterocycles. The first-order valence-corrected chi connectivity index (χ1v) is 9.13. The van der Waals surface area contributed by atoms with Crippen LogP contribution in [0.5, 0.6) is 11.5 Å². The number of rotatable bonds is 5. The lowest BCUT2D eigenvalue weighted by atomic mass is 10.0. The highest BCUT2D eigenvalue weighted by molar-refractivity contribution is 6.06. The van der Waals surface area contributed by atoms with Crippen molar-refractivity contribution < 1.29 is 9.47 Å². The second-order valence-corrected chi connectivity index (χ2v) is 6.41. The van der Waals surface area contributed by atoms with Crippen LogP contribution in [0.1, 0.15) is 5.56 Å². The molecule has 28 heavy (non-hydrogen) atoms. The monoisotopic (exact) mass is 367 g/mol. The van der Waals surface area contributed by atoms with E-state index < -0.39 is 0 Å². The second-order valence-electron chi connectivity index (χ2n) is 6.41. The Morgan fingerprint density at radius 2 is 1.36 bits per heavy atom. The van der Waals surface area contributed by atoms with Crippen LogP contribution < -0.4 is 9.47 Å². The zero-order valence-electron chi connectivity index (χ0n) is 15.9. The summed E-state index contributed by atoms with van der Waals surface area (Å²) in [5.74, 6) is 1.62. The highest BCUT2D eigenvalue weighted by Crippen LogP contribution is 2.34. The molecule has 0 bridgehead atoms. The Balaban J connectivity index is 1.69. The van der Waals surface area contributed by atoms with Crippen molar-refractivity contribution in [1.82, 2.24) is 0 Å². The van der Waals surface area contributed by atoms with Gasteiger partial charge in [-0.15, -0.1) is 0 Å². The van der Waals surface area contributed by atoms with Crippen molar-refractivity contribution >= 4 is 22.7 Å². The predicted molar refractivity (Wildman–Crippen MR) is 116 cm³/mol. The van der Waals surface area contributed by atoms with E-state index in [2.05, 4.69) is 29.3 Å². The number of hydrogen-bond acceptors (Lipinski definition) is 3. The van der Waals surface area contributed by atoms with E-state index in [4.69, 9.17) is 9.47 Å². The molecular weight excluding hydrogens is 346 g/mol. The number of aliphatic imine (C=N–C) groups is 1. The van der Waals surface area contributed by atoms with E-state index in [9.17, 15) is 0 Å². The molecule has 0 saturated carbocycles. The average Bonchev–Trinajstić information content (AvgIpc) is 2.78. The molecule has 3 nitrogen and oxygen atoms in total. The standard InChI is InChI=1S/C25H21NO2/c1-27-23-16-13-20(25-22(23)9-6-10-24(25)28-2)17-26-21-14-11-19(12-15-21)18-7-4-3-5-8-18/h3-17H,1-2H3. The molecule has 0 aliphatic rings. The van der Waals surface area contributed by atoms with Crippen molar-refractivity contribution in [2.75, 3.05) is 14.2 Å². The van der Waals surface area contributed by atoms with Crippen LogP contribution in [0, 0.1) is 0 Å². The van der Waals surface area contributed by atoms with Gasteiger partial charge < -0.3 is 9.47 Å². The first-order chi connectivity index (χ1) is 13.8. The van der Waals surface area contributed by atoms with E-state index >= 15 is 0 Å². The van der Waals surface area contributed by atoms with Gasteiger partial charge in [0, 0.05) is 22.6 Å². The largest absolute Gasteiger partial charge is 0.496 e.